The van der Waals surface area contributed by atoms with E-state index in [1.807, 2.05) is 37.4 Å². The molecule has 1 aliphatic carbocycles. The number of amides is 1. The lowest BCUT2D eigenvalue weighted by Crippen LogP contribution is -2.28. The molecular weight excluding hydrogens is 458 g/mol. The van der Waals surface area contributed by atoms with E-state index in [9.17, 15) is 9.00 Å². The molecule has 2 aromatic carbocycles. The first-order chi connectivity index (χ1) is 17.0. The molecule has 0 radical (unpaired) electrons. The molecule has 2 heterocycles. The molecule has 1 aliphatic heterocycles. The van der Waals surface area contributed by atoms with Crippen molar-refractivity contribution in [1.82, 2.24) is 10.3 Å². The highest BCUT2D eigenvalue weighted by Crippen LogP contribution is 2.30. The number of nitrogens with zero attached hydrogens (tertiary/aromatic N) is 1. The fraction of sp³-hybridized carbons (Fsp3) is 0.429. The van der Waals surface area contributed by atoms with Crippen LogP contribution in [0, 0.1) is 18.8 Å². The third-order valence-electron chi connectivity index (χ3n) is 6.98. The molecule has 2 fully saturated rings. The second-order valence-corrected chi connectivity index (χ2v) is 11.5. The highest BCUT2D eigenvalue weighted by molar-refractivity contribution is 7.85. The van der Waals surface area contributed by atoms with Gasteiger partial charge in [0.15, 0.2) is 0 Å². The van der Waals surface area contributed by atoms with Crippen LogP contribution in [0.1, 0.15) is 47.2 Å². The van der Waals surface area contributed by atoms with E-state index >= 15 is 0 Å². The molecule has 1 saturated carbocycles. The lowest BCUT2D eigenvalue weighted by molar-refractivity contribution is 0.102. The first-order valence-electron chi connectivity index (χ1n) is 12.5. The van der Waals surface area contributed by atoms with Crippen molar-refractivity contribution in [3.05, 3.63) is 65.4 Å². The number of aryl methyl sites for hydroxylation is 1. The van der Waals surface area contributed by atoms with Gasteiger partial charge in [-0.2, -0.15) is 0 Å². The predicted octanol–water partition coefficient (Wildman–Crippen LogP) is 4.83. The summed E-state index contributed by atoms with van der Waals surface area (Å²) in [6, 6.07) is 13.4. The number of fused-ring (bicyclic) bond motifs is 1. The van der Waals surface area contributed by atoms with Crippen LogP contribution in [0.3, 0.4) is 0 Å². The predicted molar refractivity (Wildman–Crippen MR) is 141 cm³/mol. The maximum absolute atomic E-state index is 12.8. The lowest BCUT2D eigenvalue weighted by Gasteiger charge is -2.21. The summed E-state index contributed by atoms with van der Waals surface area (Å²) in [6.07, 6.45) is 6.50. The van der Waals surface area contributed by atoms with Crippen molar-refractivity contribution in [3.63, 3.8) is 0 Å². The van der Waals surface area contributed by atoms with Crippen LogP contribution < -0.4 is 15.4 Å². The fourth-order valence-electron chi connectivity index (χ4n) is 4.49. The van der Waals surface area contributed by atoms with Gasteiger partial charge in [0, 0.05) is 51.7 Å². The number of ether oxygens (including phenoxy) is 1. The van der Waals surface area contributed by atoms with Gasteiger partial charge in [0.25, 0.3) is 5.91 Å². The summed E-state index contributed by atoms with van der Waals surface area (Å²) >= 11 is 0. The minimum Gasteiger partial charge on any atom is -0.493 e. The van der Waals surface area contributed by atoms with E-state index in [-0.39, 0.29) is 5.91 Å². The van der Waals surface area contributed by atoms with Crippen LogP contribution in [0.5, 0.6) is 5.75 Å². The molecule has 0 spiro atoms. The number of nitrogens with one attached hydrogen (secondary N) is 2. The molecule has 2 aliphatic rings. The number of carbonyl (C=O) groups is 1. The molecule has 1 aromatic heterocycles. The summed E-state index contributed by atoms with van der Waals surface area (Å²) in [6.45, 7) is 4.47. The molecule has 6 nitrogen and oxygen atoms in total. The number of benzene rings is 2. The second kappa shape index (κ2) is 10.9. The second-order valence-electron chi connectivity index (χ2n) is 9.81. The molecule has 3 aromatic rings. The molecule has 0 atom stereocenters. The smallest absolute Gasteiger partial charge is 0.255 e. The highest BCUT2D eigenvalue weighted by Gasteiger charge is 2.22. The molecular formula is C28H33N3O3S. The van der Waals surface area contributed by atoms with Gasteiger partial charge in [0.2, 0.25) is 0 Å². The Kier molecular flexibility index (Phi) is 7.44. The summed E-state index contributed by atoms with van der Waals surface area (Å²) < 4.78 is 17.3. The molecule has 0 unspecified atom stereocenters. The summed E-state index contributed by atoms with van der Waals surface area (Å²) in [4.78, 5) is 17.5. The van der Waals surface area contributed by atoms with Gasteiger partial charge in [-0.05, 0) is 98.5 Å². The van der Waals surface area contributed by atoms with Gasteiger partial charge in [0.1, 0.15) is 5.75 Å². The quantitative estimate of drug-likeness (QED) is 0.448. The Labute approximate surface area is 209 Å². The first kappa shape index (κ1) is 23.9. The normalized spacial score (nSPS) is 20.0. The number of anilines is 1. The van der Waals surface area contributed by atoms with E-state index in [1.54, 1.807) is 12.1 Å². The van der Waals surface area contributed by atoms with Crippen LogP contribution in [0.4, 0.5) is 5.69 Å². The number of carbonyl (C=O) groups excluding carboxylic acids is 1. The molecule has 7 heteroatoms. The van der Waals surface area contributed by atoms with Crippen LogP contribution in [-0.2, 0) is 17.3 Å². The average molecular weight is 492 g/mol. The Morgan fingerprint density at radius 2 is 1.83 bits per heavy atom. The van der Waals surface area contributed by atoms with Crippen molar-refractivity contribution in [2.24, 2.45) is 11.8 Å². The molecule has 35 heavy (non-hydrogen) atoms. The van der Waals surface area contributed by atoms with Gasteiger partial charge in [0.05, 0.1) is 12.1 Å². The Bertz CT molecular complexity index is 1210. The molecule has 1 saturated heterocycles. The zero-order valence-electron chi connectivity index (χ0n) is 20.2. The van der Waals surface area contributed by atoms with Crippen molar-refractivity contribution in [1.29, 1.82) is 0 Å². The van der Waals surface area contributed by atoms with Gasteiger partial charge in [-0.1, -0.05) is 6.07 Å². The van der Waals surface area contributed by atoms with Gasteiger partial charge in [-0.15, -0.1) is 0 Å². The summed E-state index contributed by atoms with van der Waals surface area (Å²) in [5.41, 5.74) is 4.35. The van der Waals surface area contributed by atoms with Crippen LogP contribution in [0.25, 0.3) is 10.9 Å². The maximum atomic E-state index is 12.8. The standard InChI is InChI=1S/C28H33N3O3S/c1-19-26(31-28(32)23-4-7-25(8-5-23)34-18-21-2-3-21)9-6-24-14-22(17-30-27(19)24)16-29-15-20-10-12-35(33)13-11-20/h4-9,14,17,20-21,29H,2-3,10-13,15-16,18H2,1H3,(H,31,32). The van der Waals surface area contributed by atoms with E-state index in [1.165, 1.54) is 12.8 Å². The topological polar surface area (TPSA) is 80.3 Å². The number of rotatable bonds is 9. The molecule has 1 amide bonds. The SMILES string of the molecule is Cc1c(NC(=O)c2ccc(OCC3CC3)cc2)ccc2cc(CNCC3CCS(=O)CC3)cnc12. The van der Waals surface area contributed by atoms with Crippen molar-refractivity contribution >= 4 is 33.3 Å². The van der Waals surface area contributed by atoms with Gasteiger partial charge in [-0.25, -0.2) is 0 Å². The number of hydrogen-bond acceptors (Lipinski definition) is 5. The Morgan fingerprint density at radius 1 is 1.06 bits per heavy atom. The third kappa shape index (κ3) is 6.27. The van der Waals surface area contributed by atoms with Crippen molar-refractivity contribution in [3.8, 4) is 5.75 Å². The molecule has 184 valence electrons. The molecule has 5 rings (SSSR count). The molecule has 0 bridgehead atoms. The van der Waals surface area contributed by atoms with Crippen molar-refractivity contribution < 1.29 is 13.7 Å². The molecule has 2 N–H and O–H groups in total. The van der Waals surface area contributed by atoms with E-state index in [0.29, 0.717) is 17.4 Å². The minimum atomic E-state index is -0.608. The van der Waals surface area contributed by atoms with E-state index < -0.39 is 10.8 Å². The maximum Gasteiger partial charge on any atom is 0.255 e. The number of pyridine rings is 1. The Morgan fingerprint density at radius 3 is 2.57 bits per heavy atom. The lowest BCUT2D eigenvalue weighted by atomic mass is 10.0. The zero-order chi connectivity index (χ0) is 24.2. The van der Waals surface area contributed by atoms with E-state index in [4.69, 9.17) is 9.72 Å². The Hall–Kier alpha value is -2.77. The summed E-state index contributed by atoms with van der Waals surface area (Å²) in [5.74, 6) is 3.64. The van der Waals surface area contributed by atoms with E-state index in [0.717, 1.165) is 77.5 Å². The van der Waals surface area contributed by atoms with Gasteiger partial charge >= 0.3 is 0 Å². The van der Waals surface area contributed by atoms with E-state index in [2.05, 4.69) is 16.7 Å². The van der Waals surface area contributed by atoms with Crippen LogP contribution in [-0.4, -0.2) is 39.8 Å². The third-order valence-corrected chi connectivity index (χ3v) is 8.36. The number of hydrogen-bond donors (Lipinski definition) is 2. The minimum absolute atomic E-state index is 0.145. The van der Waals surface area contributed by atoms with Crippen LogP contribution in [0.2, 0.25) is 0 Å². The Balaban J connectivity index is 1.18. The van der Waals surface area contributed by atoms with Crippen LogP contribution >= 0.6 is 0 Å². The monoisotopic (exact) mass is 491 g/mol. The summed E-state index contributed by atoms with van der Waals surface area (Å²) in [5, 5.41) is 7.63. The first-order valence-corrected chi connectivity index (χ1v) is 14.0. The zero-order valence-corrected chi connectivity index (χ0v) is 21.0. The fourth-order valence-corrected chi connectivity index (χ4v) is 5.89. The summed E-state index contributed by atoms with van der Waals surface area (Å²) in [7, 11) is -0.608. The number of aromatic nitrogens is 1. The van der Waals surface area contributed by atoms with Gasteiger partial charge in [-0.3, -0.25) is 14.0 Å². The average Bonchev–Trinajstić information content (AvgIpc) is 3.71. The van der Waals surface area contributed by atoms with Crippen molar-refractivity contribution in [2.45, 2.75) is 39.2 Å². The van der Waals surface area contributed by atoms with Crippen LogP contribution in [0.15, 0.2) is 48.7 Å². The van der Waals surface area contributed by atoms with Gasteiger partial charge < -0.3 is 15.4 Å². The van der Waals surface area contributed by atoms with Crippen molar-refractivity contribution in [2.75, 3.05) is 30.0 Å². The largest absolute Gasteiger partial charge is 0.493 e. The highest BCUT2D eigenvalue weighted by atomic mass is 32.2.